The van der Waals surface area contributed by atoms with Crippen LogP contribution in [0.1, 0.15) is 40.5 Å². The van der Waals surface area contributed by atoms with Crippen molar-refractivity contribution in [3.8, 4) is 0 Å². The summed E-state index contributed by atoms with van der Waals surface area (Å²) in [7, 11) is 0. The van der Waals surface area contributed by atoms with E-state index in [0.717, 1.165) is 50.3 Å². The fourth-order valence-electron chi connectivity index (χ4n) is 3.46. The average Bonchev–Trinajstić information content (AvgIpc) is 3.00. The van der Waals surface area contributed by atoms with Crippen LogP contribution in [0.15, 0.2) is 48.7 Å². The molecule has 0 bridgehead atoms. The Balaban J connectivity index is 1.37. The van der Waals surface area contributed by atoms with Gasteiger partial charge in [0.25, 0.3) is 5.91 Å². The van der Waals surface area contributed by atoms with Gasteiger partial charge in [0.1, 0.15) is 11.6 Å². The lowest BCUT2D eigenvalue weighted by molar-refractivity contribution is 0.0926. The van der Waals surface area contributed by atoms with E-state index in [2.05, 4.69) is 54.5 Å². The Kier molecular flexibility index (Phi) is 5.18. The van der Waals surface area contributed by atoms with Crippen LogP contribution < -0.4 is 5.32 Å². The number of fused-ring (bicyclic) bond motifs is 1. The zero-order valence-corrected chi connectivity index (χ0v) is 15.1. The lowest BCUT2D eigenvalue weighted by Gasteiger charge is -2.15. The standard InChI is InChI=1S/C20H22N6O/c27-20(17-7-4-13-21-23-17)22-16-9-11-19-25-24-18(26(19)14-12-16)10-8-15-5-2-1-3-6-15/h1-7,13,16H,8-12,14H2,(H,22,27). The van der Waals surface area contributed by atoms with Gasteiger partial charge < -0.3 is 9.88 Å². The summed E-state index contributed by atoms with van der Waals surface area (Å²) in [4.78, 5) is 12.3. The molecule has 0 saturated heterocycles. The summed E-state index contributed by atoms with van der Waals surface area (Å²) in [5.74, 6) is 1.86. The van der Waals surface area contributed by atoms with E-state index in [-0.39, 0.29) is 11.9 Å². The lowest BCUT2D eigenvalue weighted by Crippen LogP contribution is -2.35. The van der Waals surface area contributed by atoms with Gasteiger partial charge in [0.2, 0.25) is 0 Å². The van der Waals surface area contributed by atoms with Gasteiger partial charge in [-0.25, -0.2) is 0 Å². The number of carbonyl (C=O) groups is 1. The van der Waals surface area contributed by atoms with Gasteiger partial charge in [-0.1, -0.05) is 30.3 Å². The number of nitrogens with one attached hydrogen (secondary N) is 1. The maximum Gasteiger partial charge on any atom is 0.272 e. The normalized spacial score (nSPS) is 16.4. The summed E-state index contributed by atoms with van der Waals surface area (Å²) >= 11 is 0. The largest absolute Gasteiger partial charge is 0.348 e. The van der Waals surface area contributed by atoms with Gasteiger partial charge in [-0.15, -0.1) is 15.3 Å². The van der Waals surface area contributed by atoms with E-state index in [1.165, 1.54) is 5.56 Å². The first kappa shape index (κ1) is 17.3. The Labute approximate surface area is 157 Å². The Bertz CT molecular complexity index is 893. The molecule has 0 fully saturated rings. The van der Waals surface area contributed by atoms with E-state index in [1.807, 2.05) is 6.07 Å². The smallest absolute Gasteiger partial charge is 0.272 e. The van der Waals surface area contributed by atoms with Crippen LogP contribution in [0.25, 0.3) is 0 Å². The second-order valence-electron chi connectivity index (χ2n) is 6.78. The van der Waals surface area contributed by atoms with Crippen molar-refractivity contribution in [1.29, 1.82) is 0 Å². The molecule has 2 aromatic heterocycles. The first-order valence-electron chi connectivity index (χ1n) is 9.33. The van der Waals surface area contributed by atoms with Gasteiger partial charge in [-0.3, -0.25) is 4.79 Å². The molecule has 1 aromatic carbocycles. The van der Waals surface area contributed by atoms with E-state index in [0.29, 0.717) is 5.69 Å². The first-order valence-corrected chi connectivity index (χ1v) is 9.33. The molecule has 1 amide bonds. The van der Waals surface area contributed by atoms with Gasteiger partial charge in [0.05, 0.1) is 0 Å². The van der Waals surface area contributed by atoms with Gasteiger partial charge in [-0.2, -0.15) is 5.10 Å². The minimum absolute atomic E-state index is 0.100. The third-order valence-corrected chi connectivity index (χ3v) is 4.94. The molecular weight excluding hydrogens is 340 g/mol. The predicted octanol–water partition coefficient (Wildman–Crippen LogP) is 1.99. The second-order valence-corrected chi connectivity index (χ2v) is 6.78. The summed E-state index contributed by atoms with van der Waals surface area (Å²) in [6.07, 6.45) is 5.90. The van der Waals surface area contributed by atoms with E-state index < -0.39 is 0 Å². The van der Waals surface area contributed by atoms with Crippen molar-refractivity contribution in [2.45, 2.75) is 44.7 Å². The Morgan fingerprint density at radius 1 is 1.04 bits per heavy atom. The summed E-state index contributed by atoms with van der Waals surface area (Å²) in [6, 6.07) is 13.9. The lowest BCUT2D eigenvalue weighted by atomic mass is 10.1. The fraction of sp³-hybridized carbons (Fsp3) is 0.350. The van der Waals surface area contributed by atoms with Crippen LogP contribution in [-0.2, 0) is 25.8 Å². The average molecular weight is 362 g/mol. The zero-order valence-electron chi connectivity index (χ0n) is 15.1. The first-order chi connectivity index (χ1) is 13.3. The number of amides is 1. The van der Waals surface area contributed by atoms with Crippen LogP contribution in [0.3, 0.4) is 0 Å². The topological polar surface area (TPSA) is 85.6 Å². The van der Waals surface area contributed by atoms with E-state index in [4.69, 9.17) is 0 Å². The Morgan fingerprint density at radius 3 is 2.74 bits per heavy atom. The third kappa shape index (κ3) is 4.19. The van der Waals surface area contributed by atoms with Crippen molar-refractivity contribution < 1.29 is 4.79 Å². The van der Waals surface area contributed by atoms with Crippen molar-refractivity contribution >= 4 is 5.91 Å². The van der Waals surface area contributed by atoms with Gasteiger partial charge in [0, 0.05) is 31.6 Å². The van der Waals surface area contributed by atoms with Gasteiger partial charge >= 0.3 is 0 Å². The molecule has 0 aliphatic carbocycles. The highest BCUT2D eigenvalue weighted by molar-refractivity contribution is 5.92. The number of rotatable bonds is 5. The van der Waals surface area contributed by atoms with Gasteiger partial charge in [-0.05, 0) is 37.0 Å². The van der Waals surface area contributed by atoms with Crippen LogP contribution >= 0.6 is 0 Å². The maximum atomic E-state index is 12.3. The molecule has 4 rings (SSSR count). The number of aromatic nitrogens is 5. The molecule has 1 aliphatic rings. The summed E-state index contributed by atoms with van der Waals surface area (Å²) in [5, 5.41) is 19.5. The minimum atomic E-state index is -0.171. The number of hydrogen-bond donors (Lipinski definition) is 1. The molecule has 0 radical (unpaired) electrons. The van der Waals surface area contributed by atoms with Crippen molar-refractivity contribution in [1.82, 2.24) is 30.3 Å². The number of hydrogen-bond acceptors (Lipinski definition) is 5. The maximum absolute atomic E-state index is 12.3. The predicted molar refractivity (Wildman–Crippen MR) is 100 cm³/mol. The van der Waals surface area contributed by atoms with E-state index in [1.54, 1.807) is 18.3 Å². The summed E-state index contributed by atoms with van der Waals surface area (Å²) in [5.41, 5.74) is 1.65. The highest BCUT2D eigenvalue weighted by Crippen LogP contribution is 2.17. The fourth-order valence-corrected chi connectivity index (χ4v) is 3.46. The molecule has 3 aromatic rings. The zero-order chi connectivity index (χ0) is 18.5. The molecule has 1 unspecified atom stereocenters. The SMILES string of the molecule is O=C(NC1CCc2nnc(CCc3ccccc3)n2CC1)c1cccnn1. The van der Waals surface area contributed by atoms with Crippen LogP contribution in [0, 0.1) is 0 Å². The molecule has 0 spiro atoms. The number of benzene rings is 1. The second kappa shape index (κ2) is 8.07. The van der Waals surface area contributed by atoms with Gasteiger partial charge in [0.15, 0.2) is 5.69 Å². The van der Waals surface area contributed by atoms with E-state index >= 15 is 0 Å². The number of aryl methyl sites for hydroxylation is 3. The molecule has 1 atom stereocenters. The summed E-state index contributed by atoms with van der Waals surface area (Å²) < 4.78 is 2.22. The van der Waals surface area contributed by atoms with Crippen molar-refractivity contribution in [2.24, 2.45) is 0 Å². The Morgan fingerprint density at radius 2 is 1.93 bits per heavy atom. The molecule has 0 saturated carbocycles. The highest BCUT2D eigenvalue weighted by atomic mass is 16.2. The van der Waals surface area contributed by atoms with Crippen molar-refractivity contribution in [2.75, 3.05) is 0 Å². The third-order valence-electron chi connectivity index (χ3n) is 4.94. The van der Waals surface area contributed by atoms with Crippen LogP contribution in [0.4, 0.5) is 0 Å². The molecule has 7 nitrogen and oxygen atoms in total. The number of nitrogens with zero attached hydrogens (tertiary/aromatic N) is 5. The molecule has 138 valence electrons. The highest BCUT2D eigenvalue weighted by Gasteiger charge is 2.22. The van der Waals surface area contributed by atoms with E-state index in [9.17, 15) is 4.79 Å². The van der Waals surface area contributed by atoms with Crippen molar-refractivity contribution in [3.63, 3.8) is 0 Å². The molecule has 1 N–H and O–H groups in total. The van der Waals surface area contributed by atoms with Crippen LogP contribution in [0.2, 0.25) is 0 Å². The molecule has 7 heteroatoms. The van der Waals surface area contributed by atoms with Crippen molar-refractivity contribution in [3.05, 3.63) is 71.6 Å². The quantitative estimate of drug-likeness (QED) is 0.750. The molecule has 3 heterocycles. The summed E-state index contributed by atoms with van der Waals surface area (Å²) in [6.45, 7) is 0.817. The van der Waals surface area contributed by atoms with Crippen LogP contribution in [-0.4, -0.2) is 36.9 Å². The Hall–Kier alpha value is -3.09. The molecule has 27 heavy (non-hydrogen) atoms. The monoisotopic (exact) mass is 362 g/mol. The minimum Gasteiger partial charge on any atom is -0.348 e. The molecule has 1 aliphatic heterocycles. The molecular formula is C20H22N6O. The van der Waals surface area contributed by atoms with Crippen LogP contribution in [0.5, 0.6) is 0 Å². The number of carbonyl (C=O) groups excluding carboxylic acids is 1.